The van der Waals surface area contributed by atoms with Gasteiger partial charge < -0.3 is 10.8 Å². The number of piperidine rings is 1. The van der Waals surface area contributed by atoms with E-state index >= 15 is 0 Å². The predicted molar refractivity (Wildman–Crippen MR) is 66.5 cm³/mol. The molecule has 1 saturated carbocycles. The minimum atomic E-state index is -0.715. The molecular weight excluding hydrogens is 232 g/mol. The first kappa shape index (κ1) is 13.5. The van der Waals surface area contributed by atoms with E-state index in [1.54, 1.807) is 6.92 Å². The largest absolute Gasteiger partial charge is 0.392 e. The van der Waals surface area contributed by atoms with Crippen molar-refractivity contribution in [3.05, 3.63) is 0 Å². The summed E-state index contributed by atoms with van der Waals surface area (Å²) in [4.78, 5) is 25.4. The molecule has 2 fully saturated rings. The third kappa shape index (κ3) is 2.57. The van der Waals surface area contributed by atoms with Crippen molar-refractivity contribution in [2.75, 3.05) is 6.54 Å². The highest BCUT2D eigenvalue weighted by Crippen LogP contribution is 2.46. The summed E-state index contributed by atoms with van der Waals surface area (Å²) < 4.78 is 0. The van der Waals surface area contributed by atoms with Crippen molar-refractivity contribution < 1.29 is 14.7 Å². The van der Waals surface area contributed by atoms with E-state index in [2.05, 4.69) is 0 Å². The Morgan fingerprint density at radius 2 is 1.78 bits per heavy atom. The van der Waals surface area contributed by atoms with E-state index in [-0.39, 0.29) is 23.8 Å². The standard InChI is InChI=1S/C13H22N2O3/c1-9(16)10(14)8-15-11(17)6-13(7-12(15)18)4-2-3-5-13/h9-10,16H,2-8,14H2,1H3. The molecule has 0 aromatic rings. The fourth-order valence-electron chi connectivity index (χ4n) is 3.08. The maximum absolute atomic E-state index is 12.1. The summed E-state index contributed by atoms with van der Waals surface area (Å²) >= 11 is 0. The summed E-state index contributed by atoms with van der Waals surface area (Å²) in [6, 6.07) is -0.560. The molecule has 1 aliphatic carbocycles. The molecule has 2 unspecified atom stereocenters. The topological polar surface area (TPSA) is 83.6 Å². The van der Waals surface area contributed by atoms with Gasteiger partial charge in [0, 0.05) is 25.4 Å². The minimum Gasteiger partial charge on any atom is -0.392 e. The molecule has 1 heterocycles. The Morgan fingerprint density at radius 3 is 2.22 bits per heavy atom. The quantitative estimate of drug-likeness (QED) is 0.714. The first-order valence-electron chi connectivity index (χ1n) is 6.70. The number of imide groups is 1. The second kappa shape index (κ2) is 4.97. The zero-order chi connectivity index (χ0) is 13.3. The third-order valence-corrected chi connectivity index (χ3v) is 4.33. The van der Waals surface area contributed by atoms with E-state index in [1.165, 1.54) is 4.90 Å². The Hall–Kier alpha value is -0.940. The lowest BCUT2D eigenvalue weighted by Crippen LogP contribution is -2.53. The fourth-order valence-corrected chi connectivity index (χ4v) is 3.08. The molecule has 2 amide bonds. The summed E-state index contributed by atoms with van der Waals surface area (Å²) in [7, 11) is 0. The smallest absolute Gasteiger partial charge is 0.229 e. The SMILES string of the molecule is CC(O)C(N)CN1C(=O)CC2(CCCC2)CC1=O. The van der Waals surface area contributed by atoms with Gasteiger partial charge in [0.15, 0.2) is 0 Å². The van der Waals surface area contributed by atoms with E-state index in [9.17, 15) is 14.7 Å². The molecule has 102 valence electrons. The van der Waals surface area contributed by atoms with Crippen molar-refractivity contribution in [2.45, 2.75) is 57.6 Å². The van der Waals surface area contributed by atoms with Crippen LogP contribution >= 0.6 is 0 Å². The van der Waals surface area contributed by atoms with Crippen molar-refractivity contribution in [3.63, 3.8) is 0 Å². The van der Waals surface area contributed by atoms with E-state index < -0.39 is 12.1 Å². The van der Waals surface area contributed by atoms with Crippen LogP contribution in [0.5, 0.6) is 0 Å². The van der Waals surface area contributed by atoms with E-state index in [4.69, 9.17) is 5.73 Å². The molecule has 0 radical (unpaired) electrons. The lowest BCUT2D eigenvalue weighted by molar-refractivity contribution is -0.154. The second-order valence-electron chi connectivity index (χ2n) is 5.86. The number of carbonyl (C=O) groups is 2. The van der Waals surface area contributed by atoms with Gasteiger partial charge in [-0.25, -0.2) is 0 Å². The number of hydrogen-bond donors (Lipinski definition) is 2. The first-order valence-corrected chi connectivity index (χ1v) is 6.70. The zero-order valence-corrected chi connectivity index (χ0v) is 10.9. The van der Waals surface area contributed by atoms with Crippen molar-refractivity contribution in [1.29, 1.82) is 0 Å². The molecule has 3 N–H and O–H groups in total. The van der Waals surface area contributed by atoms with Crippen LogP contribution < -0.4 is 5.73 Å². The summed E-state index contributed by atoms with van der Waals surface area (Å²) in [5.74, 6) is -0.242. The maximum Gasteiger partial charge on any atom is 0.229 e. The molecule has 1 aliphatic heterocycles. The molecule has 1 spiro atoms. The number of aliphatic hydroxyl groups excluding tert-OH is 1. The number of carbonyl (C=O) groups excluding carboxylic acids is 2. The zero-order valence-electron chi connectivity index (χ0n) is 10.9. The molecule has 2 rings (SSSR count). The number of rotatable bonds is 3. The van der Waals surface area contributed by atoms with Crippen molar-refractivity contribution in [1.82, 2.24) is 4.90 Å². The first-order chi connectivity index (χ1) is 8.43. The summed E-state index contributed by atoms with van der Waals surface area (Å²) in [6.07, 6.45) is 4.42. The summed E-state index contributed by atoms with van der Waals surface area (Å²) in [5, 5.41) is 9.35. The van der Waals surface area contributed by atoms with E-state index in [0.29, 0.717) is 12.8 Å². The molecule has 5 nitrogen and oxygen atoms in total. The molecule has 5 heteroatoms. The van der Waals surface area contributed by atoms with E-state index in [0.717, 1.165) is 25.7 Å². The van der Waals surface area contributed by atoms with Gasteiger partial charge in [-0.1, -0.05) is 12.8 Å². The summed E-state index contributed by atoms with van der Waals surface area (Å²) in [5.41, 5.74) is 5.65. The molecular formula is C13H22N2O3. The Balaban J connectivity index is 2.03. The molecule has 2 atom stereocenters. The Labute approximate surface area is 107 Å². The minimum absolute atomic E-state index is 0.0698. The Kier molecular flexibility index (Phi) is 3.73. The van der Waals surface area contributed by atoms with Crippen molar-refractivity contribution in [2.24, 2.45) is 11.1 Å². The van der Waals surface area contributed by atoms with Crippen LogP contribution in [-0.2, 0) is 9.59 Å². The van der Waals surface area contributed by atoms with Gasteiger partial charge in [-0.05, 0) is 25.2 Å². The molecule has 18 heavy (non-hydrogen) atoms. The van der Waals surface area contributed by atoms with Crippen LogP contribution in [0, 0.1) is 5.41 Å². The fraction of sp³-hybridized carbons (Fsp3) is 0.846. The molecule has 0 aromatic heterocycles. The highest BCUT2D eigenvalue weighted by atomic mass is 16.3. The van der Waals surface area contributed by atoms with Gasteiger partial charge in [0.1, 0.15) is 0 Å². The highest BCUT2D eigenvalue weighted by Gasteiger charge is 2.45. The molecule has 0 aromatic carbocycles. The lowest BCUT2D eigenvalue weighted by Gasteiger charge is -2.38. The maximum atomic E-state index is 12.1. The van der Waals surface area contributed by atoms with Crippen LogP contribution in [0.3, 0.4) is 0 Å². The Bertz CT molecular complexity index is 328. The van der Waals surface area contributed by atoms with Gasteiger partial charge in [-0.2, -0.15) is 0 Å². The van der Waals surface area contributed by atoms with Crippen LogP contribution in [0.4, 0.5) is 0 Å². The van der Waals surface area contributed by atoms with Gasteiger partial charge >= 0.3 is 0 Å². The molecule has 2 aliphatic rings. The van der Waals surface area contributed by atoms with Gasteiger partial charge in [0.05, 0.1) is 6.10 Å². The molecule has 1 saturated heterocycles. The number of hydrogen-bond acceptors (Lipinski definition) is 4. The average Bonchev–Trinajstić information content (AvgIpc) is 2.71. The van der Waals surface area contributed by atoms with Crippen molar-refractivity contribution in [3.8, 4) is 0 Å². The van der Waals surface area contributed by atoms with Crippen LogP contribution in [0.15, 0.2) is 0 Å². The number of likely N-dealkylation sites (tertiary alicyclic amines) is 1. The normalized spacial score (nSPS) is 26.7. The lowest BCUT2D eigenvalue weighted by atomic mass is 9.76. The van der Waals surface area contributed by atoms with Crippen LogP contribution in [0.2, 0.25) is 0 Å². The third-order valence-electron chi connectivity index (χ3n) is 4.33. The predicted octanol–water partition coefficient (Wildman–Crippen LogP) is 0.404. The number of nitrogens with two attached hydrogens (primary N) is 1. The second-order valence-corrected chi connectivity index (χ2v) is 5.86. The van der Waals surface area contributed by atoms with E-state index in [1.807, 2.05) is 0 Å². The highest BCUT2D eigenvalue weighted by molar-refractivity contribution is 5.98. The van der Waals surface area contributed by atoms with Crippen LogP contribution in [0.25, 0.3) is 0 Å². The van der Waals surface area contributed by atoms with Gasteiger partial charge in [0.2, 0.25) is 11.8 Å². The average molecular weight is 254 g/mol. The van der Waals surface area contributed by atoms with Gasteiger partial charge in [-0.3, -0.25) is 14.5 Å². The monoisotopic (exact) mass is 254 g/mol. The Morgan fingerprint density at radius 1 is 1.28 bits per heavy atom. The number of amides is 2. The van der Waals surface area contributed by atoms with Gasteiger partial charge in [-0.15, -0.1) is 0 Å². The van der Waals surface area contributed by atoms with Crippen molar-refractivity contribution >= 4 is 11.8 Å². The van der Waals surface area contributed by atoms with Crippen LogP contribution in [0.1, 0.15) is 45.4 Å². The number of aliphatic hydroxyl groups is 1. The van der Waals surface area contributed by atoms with Gasteiger partial charge in [0.25, 0.3) is 0 Å². The molecule has 0 bridgehead atoms. The van der Waals surface area contributed by atoms with Crippen LogP contribution in [-0.4, -0.2) is 40.5 Å². The summed E-state index contributed by atoms with van der Waals surface area (Å²) in [6.45, 7) is 1.70. The number of nitrogens with zero attached hydrogens (tertiary/aromatic N) is 1.